The van der Waals surface area contributed by atoms with Crippen LogP contribution < -0.4 is 5.32 Å². The second-order valence-electron chi connectivity index (χ2n) is 2.58. The Morgan fingerprint density at radius 1 is 1.50 bits per heavy atom. The van der Waals surface area contributed by atoms with Gasteiger partial charge in [-0.15, -0.1) is 12.6 Å². The Kier molecular flexibility index (Phi) is 1.34. The van der Waals surface area contributed by atoms with Crippen LogP contribution in [0.4, 0.5) is 0 Å². The van der Waals surface area contributed by atoms with Crippen molar-refractivity contribution in [3.8, 4) is 0 Å². The Morgan fingerprint density at radius 2 is 2.40 bits per heavy atom. The molecular formula is C8H9NS. The summed E-state index contributed by atoms with van der Waals surface area (Å²) in [4.78, 5) is 1.16. The quantitative estimate of drug-likeness (QED) is 0.501. The van der Waals surface area contributed by atoms with Gasteiger partial charge in [0.15, 0.2) is 0 Å². The van der Waals surface area contributed by atoms with Gasteiger partial charge in [-0.3, -0.25) is 0 Å². The molecule has 1 atom stereocenters. The molecule has 0 spiro atoms. The van der Waals surface area contributed by atoms with E-state index in [2.05, 4.69) is 36.2 Å². The highest BCUT2D eigenvalue weighted by atomic mass is 32.1. The first-order chi connectivity index (χ1) is 4.86. The predicted molar refractivity (Wildman–Crippen MR) is 45.8 cm³/mol. The highest BCUT2D eigenvalue weighted by molar-refractivity contribution is 7.84. The van der Waals surface area contributed by atoms with Crippen molar-refractivity contribution in [2.24, 2.45) is 0 Å². The number of nitrogens with one attached hydrogen (secondary N) is 1. The van der Waals surface area contributed by atoms with Crippen LogP contribution in [0, 0.1) is 0 Å². The molecule has 1 nitrogen and oxygen atoms in total. The van der Waals surface area contributed by atoms with Crippen LogP contribution in [0.15, 0.2) is 34.9 Å². The first-order valence-electron chi connectivity index (χ1n) is 3.38. The second-order valence-corrected chi connectivity index (χ2v) is 3.16. The molecule has 0 fully saturated rings. The van der Waals surface area contributed by atoms with Crippen LogP contribution in [-0.2, 0) is 0 Å². The van der Waals surface area contributed by atoms with Crippen molar-refractivity contribution in [3.63, 3.8) is 0 Å². The van der Waals surface area contributed by atoms with Crippen molar-refractivity contribution in [2.75, 3.05) is 0 Å². The standard InChI is InChI=1S/C8H9NS/c10-7-2-1-6-3-4-9-8(6)5-7/h1-4,8-10H,5H2. The van der Waals surface area contributed by atoms with E-state index < -0.39 is 0 Å². The van der Waals surface area contributed by atoms with Gasteiger partial charge in [-0.25, -0.2) is 0 Å². The molecule has 0 amide bonds. The number of hydrogen-bond donors (Lipinski definition) is 2. The topological polar surface area (TPSA) is 12.0 Å². The first-order valence-corrected chi connectivity index (χ1v) is 3.83. The molecule has 0 aromatic heterocycles. The molecule has 0 bridgehead atoms. The summed E-state index contributed by atoms with van der Waals surface area (Å²) >= 11 is 4.29. The van der Waals surface area contributed by atoms with Gasteiger partial charge in [0.25, 0.3) is 0 Å². The van der Waals surface area contributed by atoms with Crippen molar-refractivity contribution in [3.05, 3.63) is 34.9 Å². The molecule has 2 heteroatoms. The molecule has 1 unspecified atom stereocenters. The average Bonchev–Trinajstić information content (AvgIpc) is 2.33. The summed E-state index contributed by atoms with van der Waals surface area (Å²) < 4.78 is 0. The summed E-state index contributed by atoms with van der Waals surface area (Å²) in [5, 5.41) is 3.25. The van der Waals surface area contributed by atoms with Gasteiger partial charge in [-0.1, -0.05) is 12.2 Å². The van der Waals surface area contributed by atoms with E-state index in [1.807, 2.05) is 6.20 Å². The van der Waals surface area contributed by atoms with Crippen LogP contribution in [0.5, 0.6) is 0 Å². The van der Waals surface area contributed by atoms with Crippen molar-refractivity contribution >= 4 is 12.6 Å². The molecule has 1 heterocycles. The normalized spacial score (nSPS) is 28.7. The van der Waals surface area contributed by atoms with Gasteiger partial charge >= 0.3 is 0 Å². The highest BCUT2D eigenvalue weighted by Gasteiger charge is 2.17. The molecule has 52 valence electrons. The van der Waals surface area contributed by atoms with E-state index in [1.165, 1.54) is 5.57 Å². The van der Waals surface area contributed by atoms with Crippen LogP contribution >= 0.6 is 12.6 Å². The Balaban J connectivity index is 2.30. The Labute approximate surface area is 65.9 Å². The zero-order valence-corrected chi connectivity index (χ0v) is 6.44. The number of rotatable bonds is 0. The molecule has 2 rings (SSSR count). The third kappa shape index (κ3) is 0.886. The van der Waals surface area contributed by atoms with Gasteiger partial charge in [0, 0.05) is 6.42 Å². The fourth-order valence-corrected chi connectivity index (χ4v) is 1.55. The summed E-state index contributed by atoms with van der Waals surface area (Å²) in [5.41, 5.74) is 1.37. The van der Waals surface area contributed by atoms with Crippen molar-refractivity contribution in [1.82, 2.24) is 5.32 Å². The van der Waals surface area contributed by atoms with Crippen LogP contribution in [0.1, 0.15) is 6.42 Å². The van der Waals surface area contributed by atoms with E-state index in [4.69, 9.17) is 0 Å². The maximum Gasteiger partial charge on any atom is 0.0554 e. The van der Waals surface area contributed by atoms with Gasteiger partial charge in [0.2, 0.25) is 0 Å². The zero-order chi connectivity index (χ0) is 6.97. The van der Waals surface area contributed by atoms with Crippen molar-refractivity contribution in [2.45, 2.75) is 12.5 Å². The maximum absolute atomic E-state index is 4.29. The monoisotopic (exact) mass is 151 g/mol. The predicted octanol–water partition coefficient (Wildman–Crippen LogP) is 1.62. The van der Waals surface area contributed by atoms with E-state index in [1.54, 1.807) is 0 Å². The minimum Gasteiger partial charge on any atom is -0.384 e. The minimum atomic E-state index is 0.498. The fourth-order valence-electron chi connectivity index (χ4n) is 1.29. The lowest BCUT2D eigenvalue weighted by Gasteiger charge is -2.16. The molecule has 0 aromatic rings. The summed E-state index contributed by atoms with van der Waals surface area (Å²) in [7, 11) is 0. The third-order valence-electron chi connectivity index (χ3n) is 1.86. The van der Waals surface area contributed by atoms with E-state index in [0.29, 0.717) is 6.04 Å². The molecule has 1 N–H and O–H groups in total. The molecule has 1 aliphatic carbocycles. The maximum atomic E-state index is 4.29. The van der Waals surface area contributed by atoms with Gasteiger partial charge in [0.05, 0.1) is 6.04 Å². The van der Waals surface area contributed by atoms with E-state index in [9.17, 15) is 0 Å². The van der Waals surface area contributed by atoms with Crippen LogP contribution in [0.25, 0.3) is 0 Å². The second kappa shape index (κ2) is 2.20. The van der Waals surface area contributed by atoms with Gasteiger partial charge in [-0.2, -0.15) is 0 Å². The highest BCUT2D eigenvalue weighted by Crippen LogP contribution is 2.24. The number of hydrogen-bond acceptors (Lipinski definition) is 2. The lowest BCUT2D eigenvalue weighted by molar-refractivity contribution is 0.704. The van der Waals surface area contributed by atoms with Gasteiger partial charge in [-0.05, 0) is 22.8 Å². The fraction of sp³-hybridized carbons (Fsp3) is 0.250. The number of allylic oxidation sites excluding steroid dienone is 2. The van der Waals surface area contributed by atoms with E-state index >= 15 is 0 Å². The van der Waals surface area contributed by atoms with Gasteiger partial charge in [0.1, 0.15) is 0 Å². The number of fused-ring (bicyclic) bond motifs is 1. The molecule has 10 heavy (non-hydrogen) atoms. The molecule has 0 saturated carbocycles. The Morgan fingerprint density at radius 3 is 3.30 bits per heavy atom. The molecular weight excluding hydrogens is 142 g/mol. The summed E-state index contributed by atoms with van der Waals surface area (Å²) in [5.74, 6) is 0. The smallest absolute Gasteiger partial charge is 0.0554 e. The van der Waals surface area contributed by atoms with E-state index in [-0.39, 0.29) is 0 Å². The average molecular weight is 151 g/mol. The third-order valence-corrected chi connectivity index (χ3v) is 2.19. The largest absolute Gasteiger partial charge is 0.384 e. The summed E-state index contributed by atoms with van der Waals surface area (Å²) in [6, 6.07) is 0.498. The first kappa shape index (κ1) is 6.10. The van der Waals surface area contributed by atoms with E-state index in [0.717, 1.165) is 11.3 Å². The zero-order valence-electron chi connectivity index (χ0n) is 5.54. The molecule has 0 radical (unpaired) electrons. The lowest BCUT2D eigenvalue weighted by Crippen LogP contribution is -2.22. The molecule has 1 aliphatic heterocycles. The minimum absolute atomic E-state index is 0.498. The molecule has 2 aliphatic rings. The SMILES string of the molecule is SC1=CC=C2C=CNC2C1. The number of thiol groups is 1. The van der Waals surface area contributed by atoms with Crippen LogP contribution in [-0.4, -0.2) is 6.04 Å². The summed E-state index contributed by atoms with van der Waals surface area (Å²) in [6.45, 7) is 0. The van der Waals surface area contributed by atoms with Crippen LogP contribution in [0.2, 0.25) is 0 Å². The Bertz CT molecular complexity index is 238. The van der Waals surface area contributed by atoms with Gasteiger partial charge < -0.3 is 5.32 Å². The summed E-state index contributed by atoms with van der Waals surface area (Å²) in [6.07, 6.45) is 9.32. The van der Waals surface area contributed by atoms with Crippen LogP contribution in [0.3, 0.4) is 0 Å². The van der Waals surface area contributed by atoms with Crippen molar-refractivity contribution < 1.29 is 0 Å². The lowest BCUT2D eigenvalue weighted by atomic mass is 10.0. The van der Waals surface area contributed by atoms with Crippen molar-refractivity contribution in [1.29, 1.82) is 0 Å². The molecule has 0 aromatic carbocycles. The Hall–Kier alpha value is -0.630. The molecule has 0 saturated heterocycles.